The first-order valence-corrected chi connectivity index (χ1v) is 13.2. The lowest BCUT2D eigenvalue weighted by Gasteiger charge is -2.31. The lowest BCUT2D eigenvalue weighted by Crippen LogP contribution is -2.33. The molecule has 1 aromatic carbocycles. The first kappa shape index (κ1) is 24.4. The second kappa shape index (κ2) is 12.1. The van der Waals surface area contributed by atoms with E-state index in [4.69, 9.17) is 0 Å². The lowest BCUT2D eigenvalue weighted by atomic mass is 9.95. The first-order valence-electron chi connectivity index (χ1n) is 12.2. The molecule has 0 unspecified atom stereocenters. The van der Waals surface area contributed by atoms with Gasteiger partial charge < -0.3 is 9.47 Å². The average Bonchev–Trinajstić information content (AvgIpc) is 3.03. The molecule has 0 radical (unpaired) electrons. The highest BCUT2D eigenvalue weighted by atomic mass is 32.2. The topological polar surface area (TPSA) is 37.2 Å². The molecule has 33 heavy (non-hydrogen) atoms. The molecule has 4 rings (SSSR count). The number of benzene rings is 1. The minimum absolute atomic E-state index is 0.360. The van der Waals surface area contributed by atoms with Gasteiger partial charge >= 0.3 is 0 Å². The number of hydrogen-bond donors (Lipinski definition) is 0. The molecule has 0 aliphatic carbocycles. The fourth-order valence-corrected chi connectivity index (χ4v) is 5.84. The quantitative estimate of drug-likeness (QED) is 0.373. The van der Waals surface area contributed by atoms with Gasteiger partial charge in [-0.3, -0.25) is 4.90 Å². The van der Waals surface area contributed by atoms with Crippen LogP contribution in [0.5, 0.6) is 0 Å². The summed E-state index contributed by atoms with van der Waals surface area (Å²) in [4.78, 5) is 4.88. The molecular formula is C25H35F2N5S. The monoisotopic (exact) mass is 475 g/mol. The third-order valence-electron chi connectivity index (χ3n) is 6.74. The summed E-state index contributed by atoms with van der Waals surface area (Å²) in [5.41, 5.74) is 0.810. The van der Waals surface area contributed by atoms with Crippen molar-refractivity contribution in [2.75, 3.05) is 38.5 Å². The number of allylic oxidation sites excluding steroid dienone is 1. The van der Waals surface area contributed by atoms with E-state index in [2.05, 4.69) is 31.1 Å². The molecule has 1 aromatic heterocycles. The van der Waals surface area contributed by atoms with Crippen LogP contribution in [0.15, 0.2) is 36.0 Å². The van der Waals surface area contributed by atoms with Gasteiger partial charge in [0.25, 0.3) is 0 Å². The maximum atomic E-state index is 13.5. The van der Waals surface area contributed by atoms with Gasteiger partial charge in [0, 0.05) is 31.3 Å². The summed E-state index contributed by atoms with van der Waals surface area (Å²) in [5.74, 6) is 0.875. The van der Waals surface area contributed by atoms with Crippen LogP contribution >= 0.6 is 11.8 Å². The van der Waals surface area contributed by atoms with Crippen LogP contribution in [-0.2, 0) is 13.1 Å². The van der Waals surface area contributed by atoms with Crippen LogP contribution in [0, 0.1) is 11.6 Å². The number of hydrogen-bond acceptors (Lipinski definition) is 5. The third-order valence-corrected chi connectivity index (χ3v) is 7.68. The second-order valence-electron chi connectivity index (χ2n) is 9.14. The fraction of sp³-hybridized carbons (Fsp3) is 0.600. The Bertz CT molecular complexity index is 902. The average molecular weight is 476 g/mol. The van der Waals surface area contributed by atoms with Crippen molar-refractivity contribution < 1.29 is 8.78 Å². The summed E-state index contributed by atoms with van der Waals surface area (Å²) in [5, 5.41) is 10.1. The van der Waals surface area contributed by atoms with E-state index in [0.717, 1.165) is 61.3 Å². The Morgan fingerprint density at radius 3 is 2.42 bits per heavy atom. The van der Waals surface area contributed by atoms with Crippen molar-refractivity contribution in [1.82, 2.24) is 24.6 Å². The van der Waals surface area contributed by atoms with Crippen LogP contribution in [0.25, 0.3) is 0 Å². The van der Waals surface area contributed by atoms with Gasteiger partial charge in [0.2, 0.25) is 0 Å². The molecule has 2 aromatic rings. The van der Waals surface area contributed by atoms with Crippen molar-refractivity contribution in [1.29, 1.82) is 0 Å². The maximum Gasteiger partial charge on any atom is 0.191 e. The summed E-state index contributed by atoms with van der Waals surface area (Å²) in [7, 11) is 0. The van der Waals surface area contributed by atoms with Crippen LogP contribution in [-0.4, -0.2) is 63.0 Å². The number of rotatable bonds is 9. The zero-order chi connectivity index (χ0) is 23.0. The Hall–Kier alpha value is -1.77. The molecule has 0 atom stereocenters. The van der Waals surface area contributed by atoms with E-state index in [1.54, 1.807) is 17.8 Å². The molecule has 0 amide bonds. The second-order valence-corrected chi connectivity index (χ2v) is 10.2. The van der Waals surface area contributed by atoms with Crippen LogP contribution in [0.1, 0.15) is 55.8 Å². The van der Waals surface area contributed by atoms with E-state index in [9.17, 15) is 8.78 Å². The molecule has 0 spiro atoms. The van der Waals surface area contributed by atoms with E-state index in [0.29, 0.717) is 12.5 Å². The van der Waals surface area contributed by atoms with Gasteiger partial charge in [-0.05, 0) is 69.6 Å². The van der Waals surface area contributed by atoms with Crippen LogP contribution < -0.4 is 0 Å². The Balaban J connectivity index is 1.31. The van der Waals surface area contributed by atoms with E-state index in [1.807, 2.05) is 6.08 Å². The van der Waals surface area contributed by atoms with Gasteiger partial charge in [-0.1, -0.05) is 36.7 Å². The molecule has 0 saturated carbocycles. The van der Waals surface area contributed by atoms with Gasteiger partial charge in [0.1, 0.15) is 5.82 Å². The number of aromatic nitrogens is 3. The van der Waals surface area contributed by atoms with E-state index >= 15 is 0 Å². The smallest absolute Gasteiger partial charge is 0.191 e. The van der Waals surface area contributed by atoms with Gasteiger partial charge in [-0.25, -0.2) is 8.78 Å². The number of piperidine rings is 1. The van der Waals surface area contributed by atoms with Crippen molar-refractivity contribution in [2.24, 2.45) is 0 Å². The van der Waals surface area contributed by atoms with E-state index in [-0.39, 0.29) is 0 Å². The highest BCUT2D eigenvalue weighted by Gasteiger charge is 2.26. The molecule has 2 fully saturated rings. The standard InChI is InChI=1S/C25H35F2N5S/c1-2-11-32-24(28-29-25(32)33-17-16-30-12-5-3-4-6-13-30)21-9-14-31(15-10-21)19-20-7-8-22(26)23(27)18-20/h2,7-8,18,21H,1,3-6,9-17,19H2. The molecule has 2 saturated heterocycles. The third kappa shape index (κ3) is 6.64. The SMILES string of the molecule is C=CCn1c(SCCN2CCCCCC2)nnc1C1CCN(Cc2ccc(F)c(F)c2)CC1. The normalized spacial score (nSPS) is 19.0. The minimum atomic E-state index is -0.792. The van der Waals surface area contributed by atoms with Crippen LogP contribution in [0.2, 0.25) is 0 Å². The van der Waals surface area contributed by atoms with Gasteiger partial charge in [0.15, 0.2) is 16.8 Å². The Kier molecular flexibility index (Phi) is 8.92. The molecular weight excluding hydrogens is 440 g/mol. The first-order chi connectivity index (χ1) is 16.1. The van der Waals surface area contributed by atoms with Crippen molar-refractivity contribution in [3.05, 3.63) is 53.9 Å². The van der Waals surface area contributed by atoms with E-state index in [1.165, 1.54) is 50.9 Å². The van der Waals surface area contributed by atoms with E-state index < -0.39 is 11.6 Å². The summed E-state index contributed by atoms with van der Waals surface area (Å²) in [6.07, 6.45) is 9.24. The Morgan fingerprint density at radius 2 is 1.73 bits per heavy atom. The molecule has 5 nitrogen and oxygen atoms in total. The van der Waals surface area contributed by atoms with Crippen LogP contribution in [0.4, 0.5) is 8.78 Å². The zero-order valence-electron chi connectivity index (χ0n) is 19.4. The largest absolute Gasteiger partial charge is 0.303 e. The highest BCUT2D eigenvalue weighted by Crippen LogP contribution is 2.30. The van der Waals surface area contributed by atoms with Gasteiger partial charge in [-0.15, -0.1) is 16.8 Å². The molecule has 0 bridgehead atoms. The molecule has 2 aliphatic heterocycles. The van der Waals surface area contributed by atoms with Crippen molar-refractivity contribution >= 4 is 11.8 Å². The Morgan fingerprint density at radius 1 is 0.970 bits per heavy atom. The zero-order valence-corrected chi connectivity index (χ0v) is 20.2. The summed E-state index contributed by atoms with van der Waals surface area (Å²) in [6, 6.07) is 4.18. The number of thioether (sulfide) groups is 1. The lowest BCUT2D eigenvalue weighted by molar-refractivity contribution is 0.199. The van der Waals surface area contributed by atoms with Crippen molar-refractivity contribution in [3.8, 4) is 0 Å². The van der Waals surface area contributed by atoms with Gasteiger partial charge in [-0.2, -0.15) is 0 Å². The van der Waals surface area contributed by atoms with Gasteiger partial charge in [0.05, 0.1) is 0 Å². The summed E-state index contributed by atoms with van der Waals surface area (Å²) >= 11 is 1.80. The molecule has 3 heterocycles. The number of likely N-dealkylation sites (tertiary alicyclic amines) is 2. The fourth-order valence-electron chi connectivity index (χ4n) is 4.88. The minimum Gasteiger partial charge on any atom is -0.303 e. The molecule has 180 valence electrons. The number of halogens is 2. The maximum absolute atomic E-state index is 13.5. The van der Waals surface area contributed by atoms with Crippen molar-refractivity contribution in [2.45, 2.75) is 62.7 Å². The predicted octanol–water partition coefficient (Wildman–Crippen LogP) is 5.09. The summed E-state index contributed by atoms with van der Waals surface area (Å²) in [6.45, 7) is 10.6. The van der Waals surface area contributed by atoms with Crippen LogP contribution in [0.3, 0.4) is 0 Å². The van der Waals surface area contributed by atoms with Crippen molar-refractivity contribution in [3.63, 3.8) is 0 Å². The Labute approximate surface area is 200 Å². The number of nitrogens with zero attached hydrogens (tertiary/aromatic N) is 5. The highest BCUT2D eigenvalue weighted by molar-refractivity contribution is 7.99. The molecule has 8 heteroatoms. The molecule has 0 N–H and O–H groups in total. The summed E-state index contributed by atoms with van der Waals surface area (Å²) < 4.78 is 28.9. The molecule has 2 aliphatic rings. The predicted molar refractivity (Wildman–Crippen MR) is 129 cm³/mol.